The maximum absolute atomic E-state index is 13.6. The van der Waals surface area contributed by atoms with Crippen LogP contribution in [0.2, 0.25) is 0 Å². The summed E-state index contributed by atoms with van der Waals surface area (Å²) in [6, 6.07) is 11.6. The number of aryl methyl sites for hydroxylation is 1. The molecule has 5 rings (SSSR count). The molecule has 1 saturated heterocycles. The standard InChI is InChI=1S/C22H23N3O4/c1-24-21-17-8-2-3-9-19(17)29-14-18(21)20(23-24)22(26)25(12-15-6-4-10-27-15)13-16-7-5-11-28-16/h2-4,6,8-10,16H,5,7,11-14H2,1H3. The molecule has 4 heterocycles. The Bertz CT molecular complexity index is 1020. The predicted molar refractivity (Wildman–Crippen MR) is 105 cm³/mol. The second kappa shape index (κ2) is 7.40. The summed E-state index contributed by atoms with van der Waals surface area (Å²) in [5, 5.41) is 4.59. The van der Waals surface area contributed by atoms with E-state index >= 15 is 0 Å². The number of benzene rings is 1. The van der Waals surface area contributed by atoms with Crippen LogP contribution in [0.25, 0.3) is 11.3 Å². The van der Waals surface area contributed by atoms with Crippen molar-refractivity contribution in [2.45, 2.75) is 32.1 Å². The Morgan fingerprint density at radius 2 is 2.17 bits per heavy atom. The van der Waals surface area contributed by atoms with Gasteiger partial charge in [0.15, 0.2) is 5.69 Å². The molecule has 1 aromatic carbocycles. The molecule has 2 aliphatic rings. The average molecular weight is 393 g/mol. The van der Waals surface area contributed by atoms with Gasteiger partial charge in [0.1, 0.15) is 18.1 Å². The number of fused-ring (bicyclic) bond motifs is 3. The third-order valence-electron chi connectivity index (χ3n) is 5.52. The fourth-order valence-corrected chi connectivity index (χ4v) is 4.15. The van der Waals surface area contributed by atoms with Gasteiger partial charge < -0.3 is 18.8 Å². The molecule has 7 heteroatoms. The minimum atomic E-state index is -0.128. The molecule has 7 nitrogen and oxygen atoms in total. The molecule has 2 aliphatic heterocycles. The molecule has 29 heavy (non-hydrogen) atoms. The van der Waals surface area contributed by atoms with E-state index < -0.39 is 0 Å². The van der Waals surface area contributed by atoms with Crippen LogP contribution in [0.15, 0.2) is 47.1 Å². The van der Waals surface area contributed by atoms with Gasteiger partial charge in [-0.2, -0.15) is 5.10 Å². The van der Waals surface area contributed by atoms with Crippen molar-refractivity contribution in [3.63, 3.8) is 0 Å². The largest absolute Gasteiger partial charge is 0.488 e. The molecule has 0 saturated carbocycles. The van der Waals surface area contributed by atoms with Crippen molar-refractivity contribution < 1.29 is 18.7 Å². The van der Waals surface area contributed by atoms with Gasteiger partial charge in [0, 0.05) is 31.3 Å². The zero-order valence-corrected chi connectivity index (χ0v) is 16.3. The van der Waals surface area contributed by atoms with Crippen LogP contribution in [-0.4, -0.2) is 39.8 Å². The summed E-state index contributed by atoms with van der Waals surface area (Å²) in [6.07, 6.45) is 3.65. The lowest BCUT2D eigenvalue weighted by Gasteiger charge is -2.25. The smallest absolute Gasteiger partial charge is 0.275 e. The normalized spacial score (nSPS) is 17.5. The molecule has 0 radical (unpaired) electrons. The van der Waals surface area contributed by atoms with Gasteiger partial charge in [-0.3, -0.25) is 9.48 Å². The minimum Gasteiger partial charge on any atom is -0.488 e. The van der Waals surface area contributed by atoms with Gasteiger partial charge in [0.2, 0.25) is 0 Å². The Morgan fingerprint density at radius 3 is 2.97 bits per heavy atom. The molecule has 0 N–H and O–H groups in total. The number of para-hydroxylation sites is 1. The van der Waals surface area contributed by atoms with E-state index in [1.807, 2.05) is 43.4 Å². The SMILES string of the molecule is Cn1nc(C(=O)N(Cc2ccco2)CC2CCCO2)c2c1-c1ccccc1OC2. The lowest BCUT2D eigenvalue weighted by atomic mass is 10.0. The fourth-order valence-electron chi connectivity index (χ4n) is 4.15. The molecule has 0 spiro atoms. The Balaban J connectivity index is 1.49. The molecule has 150 valence electrons. The van der Waals surface area contributed by atoms with E-state index in [0.29, 0.717) is 25.4 Å². The van der Waals surface area contributed by atoms with Crippen molar-refractivity contribution in [2.75, 3.05) is 13.2 Å². The summed E-state index contributed by atoms with van der Waals surface area (Å²) in [5.41, 5.74) is 3.15. The molecule has 0 aliphatic carbocycles. The average Bonchev–Trinajstić information content (AvgIpc) is 3.49. The van der Waals surface area contributed by atoms with Gasteiger partial charge in [0.05, 0.1) is 24.6 Å². The molecule has 3 aromatic rings. The van der Waals surface area contributed by atoms with Crippen molar-refractivity contribution in [2.24, 2.45) is 7.05 Å². The zero-order chi connectivity index (χ0) is 19.8. The lowest BCUT2D eigenvalue weighted by molar-refractivity contribution is 0.0485. The molecule has 1 unspecified atom stereocenters. The fraction of sp³-hybridized carbons (Fsp3) is 0.364. The van der Waals surface area contributed by atoms with Crippen LogP contribution in [0.5, 0.6) is 5.75 Å². The van der Waals surface area contributed by atoms with Crippen molar-refractivity contribution in [3.05, 3.63) is 59.7 Å². The van der Waals surface area contributed by atoms with Gasteiger partial charge in [-0.05, 0) is 37.1 Å². The Hall–Kier alpha value is -3.06. The molecule has 0 bridgehead atoms. The first-order valence-corrected chi connectivity index (χ1v) is 9.92. The number of amides is 1. The lowest BCUT2D eigenvalue weighted by Crippen LogP contribution is -2.37. The van der Waals surface area contributed by atoms with Crippen molar-refractivity contribution in [3.8, 4) is 17.0 Å². The topological polar surface area (TPSA) is 69.7 Å². The third-order valence-corrected chi connectivity index (χ3v) is 5.52. The minimum absolute atomic E-state index is 0.0467. The second-order valence-corrected chi connectivity index (χ2v) is 7.48. The number of carbonyl (C=O) groups is 1. The van der Waals surface area contributed by atoms with E-state index in [2.05, 4.69) is 5.10 Å². The highest BCUT2D eigenvalue weighted by Crippen LogP contribution is 2.38. The van der Waals surface area contributed by atoms with Crippen molar-refractivity contribution in [1.82, 2.24) is 14.7 Å². The Kier molecular flexibility index (Phi) is 4.60. The summed E-state index contributed by atoms with van der Waals surface area (Å²) in [7, 11) is 1.87. The van der Waals surface area contributed by atoms with Crippen molar-refractivity contribution in [1.29, 1.82) is 0 Å². The van der Waals surface area contributed by atoms with Gasteiger partial charge in [-0.25, -0.2) is 0 Å². The number of hydrogen-bond donors (Lipinski definition) is 0. The van der Waals surface area contributed by atoms with E-state index in [1.165, 1.54) is 0 Å². The number of aromatic nitrogens is 2. The highest BCUT2D eigenvalue weighted by molar-refractivity contribution is 5.96. The number of rotatable bonds is 5. The molecule has 1 amide bonds. The maximum Gasteiger partial charge on any atom is 0.275 e. The summed E-state index contributed by atoms with van der Waals surface area (Å²) < 4.78 is 19.0. The van der Waals surface area contributed by atoms with E-state index in [1.54, 1.807) is 15.8 Å². The van der Waals surface area contributed by atoms with Crippen LogP contribution in [0.3, 0.4) is 0 Å². The third kappa shape index (κ3) is 3.31. The summed E-state index contributed by atoms with van der Waals surface area (Å²) in [6.45, 7) is 1.98. The number of furan rings is 1. The molecule has 1 atom stereocenters. The van der Waals surface area contributed by atoms with Gasteiger partial charge in [-0.15, -0.1) is 0 Å². The van der Waals surface area contributed by atoms with Crippen LogP contribution in [0, 0.1) is 0 Å². The van der Waals surface area contributed by atoms with Gasteiger partial charge in [0.25, 0.3) is 5.91 Å². The van der Waals surface area contributed by atoms with Crippen LogP contribution in [0.4, 0.5) is 0 Å². The van der Waals surface area contributed by atoms with Gasteiger partial charge in [-0.1, -0.05) is 12.1 Å². The van der Waals surface area contributed by atoms with E-state index in [9.17, 15) is 4.79 Å². The summed E-state index contributed by atoms with van der Waals surface area (Å²) in [4.78, 5) is 15.3. The predicted octanol–water partition coefficient (Wildman–Crippen LogP) is 3.39. The van der Waals surface area contributed by atoms with Crippen molar-refractivity contribution >= 4 is 5.91 Å². The summed E-state index contributed by atoms with van der Waals surface area (Å²) in [5.74, 6) is 1.42. The molecule has 2 aromatic heterocycles. The number of nitrogens with zero attached hydrogens (tertiary/aromatic N) is 3. The summed E-state index contributed by atoms with van der Waals surface area (Å²) >= 11 is 0. The monoisotopic (exact) mass is 393 g/mol. The highest BCUT2D eigenvalue weighted by Gasteiger charge is 2.32. The number of ether oxygens (including phenoxy) is 2. The van der Waals surface area contributed by atoms with Gasteiger partial charge >= 0.3 is 0 Å². The van der Waals surface area contributed by atoms with Crippen LogP contribution < -0.4 is 4.74 Å². The Morgan fingerprint density at radius 1 is 1.28 bits per heavy atom. The van der Waals surface area contributed by atoms with E-state index in [0.717, 1.165) is 47.8 Å². The zero-order valence-electron chi connectivity index (χ0n) is 16.3. The number of carbonyl (C=O) groups excluding carboxylic acids is 1. The van der Waals surface area contributed by atoms with E-state index in [-0.39, 0.29) is 12.0 Å². The van der Waals surface area contributed by atoms with Crippen LogP contribution >= 0.6 is 0 Å². The first-order valence-electron chi connectivity index (χ1n) is 9.92. The molecule has 1 fully saturated rings. The first-order chi connectivity index (χ1) is 14.2. The molecular weight excluding hydrogens is 370 g/mol. The Labute approximate surface area is 168 Å². The van der Waals surface area contributed by atoms with Crippen LogP contribution in [-0.2, 0) is 24.9 Å². The number of hydrogen-bond acceptors (Lipinski definition) is 5. The highest BCUT2D eigenvalue weighted by atomic mass is 16.5. The first kappa shape index (κ1) is 18.0. The quantitative estimate of drug-likeness (QED) is 0.665. The maximum atomic E-state index is 13.6. The van der Waals surface area contributed by atoms with E-state index in [4.69, 9.17) is 13.9 Å². The molecular formula is C22H23N3O4. The van der Waals surface area contributed by atoms with Crippen LogP contribution in [0.1, 0.15) is 34.7 Å². The second-order valence-electron chi connectivity index (χ2n) is 7.48.